The Labute approximate surface area is 87.3 Å². The van der Waals surface area contributed by atoms with E-state index >= 15 is 0 Å². The van der Waals surface area contributed by atoms with Crippen LogP contribution in [0.1, 0.15) is 32.1 Å². The maximum absolute atomic E-state index is 8.90. The molecule has 0 aromatic rings. The zero-order chi connectivity index (χ0) is 9.97. The van der Waals surface area contributed by atoms with E-state index in [-0.39, 0.29) is 0 Å². The Morgan fingerprint density at radius 2 is 2.07 bits per heavy atom. The smallest absolute Gasteiger partial charge is 0.0431 e. The van der Waals surface area contributed by atoms with Gasteiger partial charge in [-0.25, -0.2) is 0 Å². The molecule has 82 valence electrons. The van der Waals surface area contributed by atoms with Crippen molar-refractivity contribution in [1.29, 1.82) is 0 Å². The predicted molar refractivity (Wildman–Crippen MR) is 58.1 cm³/mol. The first-order valence-corrected chi connectivity index (χ1v) is 6.10. The first kappa shape index (κ1) is 10.4. The SMILES string of the molecule is CN1CCC(C(CCCO)C2CC2)C1. The zero-order valence-corrected chi connectivity index (χ0v) is 9.28. The average Bonchev–Trinajstić information content (AvgIpc) is 2.91. The van der Waals surface area contributed by atoms with Crippen molar-refractivity contribution >= 4 is 0 Å². The van der Waals surface area contributed by atoms with Gasteiger partial charge in [-0.15, -0.1) is 0 Å². The molecule has 0 aromatic carbocycles. The molecule has 1 N–H and O–H groups in total. The van der Waals surface area contributed by atoms with Crippen molar-refractivity contribution in [2.24, 2.45) is 17.8 Å². The van der Waals surface area contributed by atoms with Crippen LogP contribution in [0.5, 0.6) is 0 Å². The highest BCUT2D eigenvalue weighted by atomic mass is 16.2. The standard InChI is InChI=1S/C12H23NO/c1-13-7-6-11(9-13)12(3-2-8-14)10-4-5-10/h10-12,14H,2-9H2,1H3. The first-order chi connectivity index (χ1) is 6.81. The van der Waals surface area contributed by atoms with Gasteiger partial charge in [0.25, 0.3) is 0 Å². The van der Waals surface area contributed by atoms with Gasteiger partial charge in [0.15, 0.2) is 0 Å². The Hall–Kier alpha value is -0.0800. The highest BCUT2D eigenvalue weighted by Crippen LogP contribution is 2.45. The predicted octanol–water partition coefficient (Wildman–Crippen LogP) is 1.74. The van der Waals surface area contributed by atoms with Crippen LogP contribution in [-0.2, 0) is 0 Å². The highest BCUT2D eigenvalue weighted by Gasteiger charge is 2.37. The number of aliphatic hydroxyl groups is 1. The molecule has 0 bridgehead atoms. The fraction of sp³-hybridized carbons (Fsp3) is 1.00. The molecule has 0 radical (unpaired) electrons. The molecule has 2 rings (SSSR count). The molecule has 2 atom stereocenters. The Balaban J connectivity index is 1.83. The third-order valence-electron chi connectivity index (χ3n) is 3.96. The van der Waals surface area contributed by atoms with E-state index in [9.17, 15) is 0 Å². The van der Waals surface area contributed by atoms with Crippen LogP contribution < -0.4 is 0 Å². The summed E-state index contributed by atoms with van der Waals surface area (Å²) in [6.45, 7) is 2.96. The van der Waals surface area contributed by atoms with Gasteiger partial charge in [0.05, 0.1) is 0 Å². The number of hydrogen-bond acceptors (Lipinski definition) is 2. The maximum atomic E-state index is 8.90. The summed E-state index contributed by atoms with van der Waals surface area (Å²) < 4.78 is 0. The van der Waals surface area contributed by atoms with E-state index in [1.165, 1.54) is 38.8 Å². The van der Waals surface area contributed by atoms with Crippen LogP contribution in [0.2, 0.25) is 0 Å². The summed E-state index contributed by atoms with van der Waals surface area (Å²) in [6, 6.07) is 0. The molecule has 0 amide bonds. The molecule has 0 aromatic heterocycles. The van der Waals surface area contributed by atoms with Crippen molar-refractivity contribution in [3.05, 3.63) is 0 Å². The average molecular weight is 197 g/mol. The Kier molecular flexibility index (Phi) is 3.45. The van der Waals surface area contributed by atoms with E-state index < -0.39 is 0 Å². The number of aliphatic hydroxyl groups excluding tert-OH is 1. The lowest BCUT2D eigenvalue weighted by Crippen LogP contribution is -2.21. The van der Waals surface area contributed by atoms with Gasteiger partial charge in [-0.3, -0.25) is 0 Å². The number of hydrogen-bond donors (Lipinski definition) is 1. The molecule has 1 aliphatic heterocycles. The summed E-state index contributed by atoms with van der Waals surface area (Å²) in [4.78, 5) is 2.46. The lowest BCUT2D eigenvalue weighted by molar-refractivity contribution is 0.228. The normalized spacial score (nSPS) is 30.9. The van der Waals surface area contributed by atoms with Crippen LogP contribution in [0, 0.1) is 17.8 Å². The van der Waals surface area contributed by atoms with Gasteiger partial charge < -0.3 is 10.0 Å². The van der Waals surface area contributed by atoms with Crippen molar-refractivity contribution in [2.45, 2.75) is 32.1 Å². The second kappa shape index (κ2) is 4.63. The Bertz CT molecular complexity index is 179. The topological polar surface area (TPSA) is 23.5 Å². The van der Waals surface area contributed by atoms with E-state index in [2.05, 4.69) is 11.9 Å². The van der Waals surface area contributed by atoms with Crippen molar-refractivity contribution in [3.8, 4) is 0 Å². The molecule has 1 heterocycles. The maximum Gasteiger partial charge on any atom is 0.0431 e. The summed E-state index contributed by atoms with van der Waals surface area (Å²) in [5.74, 6) is 2.86. The van der Waals surface area contributed by atoms with E-state index in [0.717, 1.165) is 24.2 Å². The van der Waals surface area contributed by atoms with Crippen LogP contribution in [0.3, 0.4) is 0 Å². The van der Waals surface area contributed by atoms with Crippen molar-refractivity contribution < 1.29 is 5.11 Å². The summed E-state index contributed by atoms with van der Waals surface area (Å²) in [7, 11) is 2.23. The molecule has 1 aliphatic carbocycles. The molecule has 1 saturated carbocycles. The molecular weight excluding hydrogens is 174 g/mol. The monoisotopic (exact) mass is 197 g/mol. The largest absolute Gasteiger partial charge is 0.396 e. The molecule has 1 saturated heterocycles. The van der Waals surface area contributed by atoms with Crippen LogP contribution >= 0.6 is 0 Å². The van der Waals surface area contributed by atoms with E-state index in [0.29, 0.717) is 6.61 Å². The summed E-state index contributed by atoms with van der Waals surface area (Å²) in [5, 5.41) is 8.90. The van der Waals surface area contributed by atoms with E-state index in [4.69, 9.17) is 5.11 Å². The van der Waals surface area contributed by atoms with Crippen molar-refractivity contribution in [2.75, 3.05) is 26.7 Å². The lowest BCUT2D eigenvalue weighted by atomic mass is 9.84. The van der Waals surface area contributed by atoms with Crippen LogP contribution in [0.15, 0.2) is 0 Å². The van der Waals surface area contributed by atoms with Gasteiger partial charge in [-0.05, 0) is 63.5 Å². The van der Waals surface area contributed by atoms with Crippen molar-refractivity contribution in [1.82, 2.24) is 4.90 Å². The van der Waals surface area contributed by atoms with E-state index in [1.807, 2.05) is 0 Å². The molecular formula is C12H23NO. The van der Waals surface area contributed by atoms with Gasteiger partial charge in [0.2, 0.25) is 0 Å². The van der Waals surface area contributed by atoms with Gasteiger partial charge >= 0.3 is 0 Å². The Morgan fingerprint density at radius 1 is 1.29 bits per heavy atom. The molecule has 2 heteroatoms. The fourth-order valence-corrected chi connectivity index (χ4v) is 3.03. The third-order valence-corrected chi connectivity index (χ3v) is 3.96. The summed E-state index contributed by atoms with van der Waals surface area (Å²) >= 11 is 0. The molecule has 2 unspecified atom stereocenters. The lowest BCUT2D eigenvalue weighted by Gasteiger charge is -2.23. The first-order valence-electron chi connectivity index (χ1n) is 6.10. The minimum atomic E-state index is 0.381. The molecule has 14 heavy (non-hydrogen) atoms. The number of likely N-dealkylation sites (tertiary alicyclic amines) is 1. The van der Waals surface area contributed by atoms with Crippen LogP contribution in [0.4, 0.5) is 0 Å². The highest BCUT2D eigenvalue weighted by molar-refractivity contribution is 4.89. The zero-order valence-electron chi connectivity index (χ0n) is 9.28. The Morgan fingerprint density at radius 3 is 2.57 bits per heavy atom. The second-order valence-corrected chi connectivity index (χ2v) is 5.18. The summed E-state index contributed by atoms with van der Waals surface area (Å²) in [6.07, 6.45) is 6.58. The van der Waals surface area contributed by atoms with Gasteiger partial charge in [0, 0.05) is 13.2 Å². The summed E-state index contributed by atoms with van der Waals surface area (Å²) in [5.41, 5.74) is 0. The molecule has 2 nitrogen and oxygen atoms in total. The minimum Gasteiger partial charge on any atom is -0.396 e. The fourth-order valence-electron chi connectivity index (χ4n) is 3.03. The number of rotatable bonds is 5. The van der Waals surface area contributed by atoms with Crippen LogP contribution in [-0.4, -0.2) is 36.8 Å². The molecule has 2 fully saturated rings. The van der Waals surface area contributed by atoms with Gasteiger partial charge in [-0.1, -0.05) is 0 Å². The third kappa shape index (κ3) is 2.48. The number of nitrogens with zero attached hydrogens (tertiary/aromatic N) is 1. The van der Waals surface area contributed by atoms with Crippen molar-refractivity contribution in [3.63, 3.8) is 0 Å². The molecule has 0 spiro atoms. The quantitative estimate of drug-likeness (QED) is 0.725. The van der Waals surface area contributed by atoms with Gasteiger partial charge in [-0.2, -0.15) is 0 Å². The minimum absolute atomic E-state index is 0.381. The second-order valence-electron chi connectivity index (χ2n) is 5.18. The van der Waals surface area contributed by atoms with Crippen LogP contribution in [0.25, 0.3) is 0 Å². The van der Waals surface area contributed by atoms with E-state index in [1.54, 1.807) is 0 Å². The molecule has 2 aliphatic rings. The van der Waals surface area contributed by atoms with Gasteiger partial charge in [0.1, 0.15) is 0 Å².